The Balaban J connectivity index is 1.89. The number of hydrogen-bond acceptors (Lipinski definition) is 4. The minimum absolute atomic E-state index is 0.952. The maximum absolute atomic E-state index is 4.50. The Kier molecular flexibility index (Phi) is 3.37. The van der Waals surface area contributed by atoms with Gasteiger partial charge in [-0.15, -0.1) is 0 Å². The van der Waals surface area contributed by atoms with Crippen LogP contribution >= 0.6 is 0 Å². The predicted octanol–water partition coefficient (Wildman–Crippen LogP) is 3.38. The van der Waals surface area contributed by atoms with Gasteiger partial charge >= 0.3 is 0 Å². The normalized spacial score (nSPS) is 11.1. The molecule has 2 aromatic heterocycles. The van der Waals surface area contributed by atoms with E-state index in [1.54, 1.807) is 18.6 Å². The Morgan fingerprint density at radius 1 is 1.15 bits per heavy atom. The van der Waals surface area contributed by atoms with Crippen LogP contribution in [0, 0.1) is 6.92 Å². The summed E-state index contributed by atoms with van der Waals surface area (Å²) in [6, 6.07) is 13.8. The molecule has 4 heteroatoms. The summed E-state index contributed by atoms with van der Waals surface area (Å²) in [6.07, 6.45) is 5.25. The van der Waals surface area contributed by atoms with Gasteiger partial charge in [-0.3, -0.25) is 15.4 Å². The summed E-state index contributed by atoms with van der Waals surface area (Å²) in [7, 11) is 0. The highest BCUT2D eigenvalue weighted by atomic mass is 15.3. The molecule has 0 unspecified atom stereocenters. The lowest BCUT2D eigenvalue weighted by atomic mass is 10.1. The minimum Gasteiger partial charge on any atom is -0.278 e. The van der Waals surface area contributed by atoms with Gasteiger partial charge in [-0.1, -0.05) is 24.3 Å². The van der Waals surface area contributed by atoms with Crippen molar-refractivity contribution < 1.29 is 0 Å². The molecule has 0 radical (unpaired) electrons. The van der Waals surface area contributed by atoms with Crippen LogP contribution in [0.1, 0.15) is 11.3 Å². The molecule has 0 atom stereocenters. The first-order valence-electron chi connectivity index (χ1n) is 6.38. The molecule has 0 saturated heterocycles. The summed E-state index contributed by atoms with van der Waals surface area (Å²) in [5.74, 6) is 0. The third-order valence-electron chi connectivity index (χ3n) is 2.93. The summed E-state index contributed by atoms with van der Waals surface area (Å²) < 4.78 is 0. The average molecular weight is 262 g/mol. The zero-order valence-corrected chi connectivity index (χ0v) is 11.1. The number of pyridine rings is 2. The molecule has 2 heterocycles. The van der Waals surface area contributed by atoms with E-state index in [4.69, 9.17) is 0 Å². The second-order valence-electron chi connectivity index (χ2n) is 4.48. The fourth-order valence-corrected chi connectivity index (χ4v) is 2.03. The van der Waals surface area contributed by atoms with Crippen molar-refractivity contribution >= 4 is 22.8 Å². The molecule has 0 aliphatic carbocycles. The summed E-state index contributed by atoms with van der Waals surface area (Å²) >= 11 is 0. The second kappa shape index (κ2) is 5.48. The van der Waals surface area contributed by atoms with E-state index < -0.39 is 0 Å². The molecule has 3 rings (SSSR count). The number of benzene rings is 1. The number of aromatic nitrogens is 2. The highest BCUT2D eigenvalue weighted by Crippen LogP contribution is 2.22. The molecule has 1 aromatic carbocycles. The molecule has 98 valence electrons. The smallest absolute Gasteiger partial charge is 0.0726 e. The Bertz CT molecular complexity index is 751. The van der Waals surface area contributed by atoms with Gasteiger partial charge in [0.2, 0.25) is 0 Å². The lowest BCUT2D eigenvalue weighted by Gasteiger charge is -2.06. The monoisotopic (exact) mass is 262 g/mol. The van der Waals surface area contributed by atoms with Gasteiger partial charge in [-0.05, 0) is 25.1 Å². The van der Waals surface area contributed by atoms with Gasteiger partial charge in [0.05, 0.1) is 17.4 Å². The van der Waals surface area contributed by atoms with E-state index in [-0.39, 0.29) is 0 Å². The fourth-order valence-electron chi connectivity index (χ4n) is 2.03. The number of anilines is 1. The third-order valence-corrected chi connectivity index (χ3v) is 2.93. The van der Waals surface area contributed by atoms with Crippen LogP contribution < -0.4 is 5.43 Å². The van der Waals surface area contributed by atoms with Gasteiger partial charge in [0.15, 0.2) is 0 Å². The number of hydrogen-bond donors (Lipinski definition) is 1. The quantitative estimate of drug-likeness (QED) is 0.581. The first-order valence-corrected chi connectivity index (χ1v) is 6.38. The van der Waals surface area contributed by atoms with Crippen LogP contribution in [0.4, 0.5) is 5.69 Å². The van der Waals surface area contributed by atoms with Crippen molar-refractivity contribution in [1.82, 2.24) is 9.97 Å². The van der Waals surface area contributed by atoms with E-state index in [1.807, 2.05) is 49.4 Å². The lowest BCUT2D eigenvalue weighted by molar-refractivity contribution is 1.24. The van der Waals surface area contributed by atoms with E-state index >= 15 is 0 Å². The van der Waals surface area contributed by atoms with Gasteiger partial charge in [-0.25, -0.2) is 0 Å². The van der Waals surface area contributed by atoms with Crippen LogP contribution in [0.5, 0.6) is 0 Å². The molecular formula is C16H14N4. The van der Waals surface area contributed by atoms with Crippen molar-refractivity contribution in [2.24, 2.45) is 5.10 Å². The topological polar surface area (TPSA) is 50.2 Å². The maximum Gasteiger partial charge on any atom is 0.0726 e. The van der Waals surface area contributed by atoms with Gasteiger partial charge in [0, 0.05) is 29.0 Å². The summed E-state index contributed by atoms with van der Waals surface area (Å²) in [4.78, 5) is 8.55. The van der Waals surface area contributed by atoms with Crippen molar-refractivity contribution in [2.75, 3.05) is 5.43 Å². The third kappa shape index (κ3) is 2.64. The highest BCUT2D eigenvalue weighted by molar-refractivity contribution is 5.91. The fraction of sp³-hybridized carbons (Fsp3) is 0.0625. The zero-order chi connectivity index (χ0) is 13.8. The number of aryl methyl sites for hydroxylation is 1. The molecule has 0 spiro atoms. The Labute approximate surface area is 117 Å². The number of hydrazone groups is 1. The Hall–Kier alpha value is -2.75. The van der Waals surface area contributed by atoms with Crippen LogP contribution in [0.15, 0.2) is 60.0 Å². The van der Waals surface area contributed by atoms with Crippen molar-refractivity contribution in [1.29, 1.82) is 0 Å². The van der Waals surface area contributed by atoms with Crippen molar-refractivity contribution in [2.45, 2.75) is 6.92 Å². The number of fused-ring (bicyclic) bond motifs is 1. The van der Waals surface area contributed by atoms with E-state index in [0.29, 0.717) is 0 Å². The molecule has 20 heavy (non-hydrogen) atoms. The summed E-state index contributed by atoms with van der Waals surface area (Å²) in [5, 5.41) is 5.32. The van der Waals surface area contributed by atoms with Crippen LogP contribution in [-0.4, -0.2) is 16.2 Å². The van der Waals surface area contributed by atoms with E-state index in [1.165, 1.54) is 0 Å². The Morgan fingerprint density at radius 2 is 2.05 bits per heavy atom. The molecule has 0 bridgehead atoms. The molecule has 0 aliphatic heterocycles. The average Bonchev–Trinajstić information content (AvgIpc) is 2.48. The molecular weight excluding hydrogens is 248 g/mol. The number of nitrogens with one attached hydrogen (secondary N) is 1. The van der Waals surface area contributed by atoms with E-state index in [2.05, 4.69) is 20.5 Å². The Morgan fingerprint density at radius 3 is 2.90 bits per heavy atom. The zero-order valence-electron chi connectivity index (χ0n) is 11.1. The van der Waals surface area contributed by atoms with E-state index in [0.717, 1.165) is 27.8 Å². The molecule has 0 fully saturated rings. The molecule has 0 saturated carbocycles. The standard InChI is InChI=1S/C16H14N4/c1-12-9-16(14-6-2-3-7-15(14)19-12)20-18-11-13-5-4-8-17-10-13/h2-11H,1H3,(H,19,20)/b18-11+. The molecule has 3 aromatic rings. The van der Waals surface area contributed by atoms with Gasteiger partial charge < -0.3 is 0 Å². The van der Waals surface area contributed by atoms with Crippen LogP contribution in [0.3, 0.4) is 0 Å². The summed E-state index contributed by atoms with van der Waals surface area (Å²) in [6.45, 7) is 1.97. The first kappa shape index (κ1) is 12.3. The lowest BCUT2D eigenvalue weighted by Crippen LogP contribution is -1.94. The molecule has 0 aliphatic rings. The largest absolute Gasteiger partial charge is 0.278 e. The van der Waals surface area contributed by atoms with Crippen molar-refractivity contribution in [3.05, 3.63) is 66.1 Å². The number of nitrogens with zero attached hydrogens (tertiary/aromatic N) is 3. The second-order valence-corrected chi connectivity index (χ2v) is 4.48. The predicted molar refractivity (Wildman–Crippen MR) is 81.9 cm³/mol. The maximum atomic E-state index is 4.50. The molecule has 4 nitrogen and oxygen atoms in total. The van der Waals surface area contributed by atoms with Crippen molar-refractivity contribution in [3.8, 4) is 0 Å². The first-order chi connectivity index (χ1) is 9.83. The van der Waals surface area contributed by atoms with Gasteiger partial charge in [0.25, 0.3) is 0 Å². The van der Waals surface area contributed by atoms with Crippen LogP contribution in [0.25, 0.3) is 10.9 Å². The number of rotatable bonds is 3. The van der Waals surface area contributed by atoms with E-state index in [9.17, 15) is 0 Å². The van der Waals surface area contributed by atoms with Crippen LogP contribution in [0.2, 0.25) is 0 Å². The minimum atomic E-state index is 0.952. The SMILES string of the molecule is Cc1cc(N/N=C/c2cccnc2)c2ccccc2n1. The highest BCUT2D eigenvalue weighted by Gasteiger charge is 2.01. The van der Waals surface area contributed by atoms with Gasteiger partial charge in [0.1, 0.15) is 0 Å². The van der Waals surface area contributed by atoms with Crippen molar-refractivity contribution in [3.63, 3.8) is 0 Å². The van der Waals surface area contributed by atoms with Gasteiger partial charge in [-0.2, -0.15) is 5.10 Å². The summed E-state index contributed by atoms with van der Waals surface area (Å²) in [5.41, 5.74) is 6.91. The molecule has 1 N–H and O–H groups in total. The number of para-hydroxylation sites is 1. The molecule has 0 amide bonds. The van der Waals surface area contributed by atoms with Crippen LogP contribution in [-0.2, 0) is 0 Å².